The Morgan fingerprint density at radius 2 is 1.90 bits per heavy atom. The summed E-state index contributed by atoms with van der Waals surface area (Å²) < 4.78 is 10.4. The van der Waals surface area contributed by atoms with Gasteiger partial charge in [0.15, 0.2) is 0 Å². The first-order chi connectivity index (χ1) is 14.0. The van der Waals surface area contributed by atoms with E-state index in [-0.39, 0.29) is 18.1 Å². The molecule has 3 aromatic rings. The minimum Gasteiger partial charge on any atom is -0.497 e. The van der Waals surface area contributed by atoms with E-state index in [0.717, 1.165) is 16.3 Å². The molecular formula is C22H20N2O4S. The molecule has 0 unspecified atom stereocenters. The number of amides is 1. The number of aromatic nitrogens is 1. The molecule has 148 valence electrons. The van der Waals surface area contributed by atoms with E-state index in [1.165, 1.54) is 17.4 Å². The van der Waals surface area contributed by atoms with Gasteiger partial charge in [-0.1, -0.05) is 24.3 Å². The quantitative estimate of drug-likeness (QED) is 0.461. The van der Waals surface area contributed by atoms with Crippen LogP contribution >= 0.6 is 11.3 Å². The molecule has 7 heteroatoms. The number of nitrogens with one attached hydrogen (secondary N) is 1. The minimum atomic E-state index is -0.523. The Balaban J connectivity index is 1.63. The summed E-state index contributed by atoms with van der Waals surface area (Å²) in [6, 6.07) is 14.0. The van der Waals surface area contributed by atoms with Crippen molar-refractivity contribution in [2.45, 2.75) is 13.5 Å². The van der Waals surface area contributed by atoms with E-state index in [1.807, 2.05) is 36.6 Å². The van der Waals surface area contributed by atoms with Crippen molar-refractivity contribution in [2.24, 2.45) is 0 Å². The second-order valence-corrected chi connectivity index (χ2v) is 7.14. The highest BCUT2D eigenvalue weighted by atomic mass is 32.1. The number of aryl methyl sites for hydroxylation is 1. The van der Waals surface area contributed by atoms with Crippen LogP contribution in [-0.2, 0) is 16.1 Å². The molecule has 1 amide bonds. The fourth-order valence-corrected chi connectivity index (χ4v) is 3.12. The molecule has 2 aromatic carbocycles. The lowest BCUT2D eigenvalue weighted by Crippen LogP contribution is -2.13. The lowest BCUT2D eigenvalue weighted by molar-refractivity contribution is -0.111. The molecule has 0 atom stereocenters. The summed E-state index contributed by atoms with van der Waals surface area (Å²) in [5.74, 6) is -0.131. The van der Waals surface area contributed by atoms with Crippen molar-refractivity contribution in [3.05, 3.63) is 81.8 Å². The Hall–Kier alpha value is -3.45. The van der Waals surface area contributed by atoms with Crippen molar-refractivity contribution in [1.82, 2.24) is 4.98 Å². The van der Waals surface area contributed by atoms with Crippen LogP contribution in [0.25, 0.3) is 6.08 Å². The molecule has 0 bridgehead atoms. The molecule has 1 aromatic heterocycles. The van der Waals surface area contributed by atoms with Gasteiger partial charge in [0.2, 0.25) is 5.91 Å². The van der Waals surface area contributed by atoms with Gasteiger partial charge in [0.1, 0.15) is 12.4 Å². The minimum absolute atomic E-state index is 0.0861. The smallest absolute Gasteiger partial charge is 0.340 e. The summed E-state index contributed by atoms with van der Waals surface area (Å²) in [7, 11) is 1.60. The lowest BCUT2D eigenvalue weighted by Gasteiger charge is -2.09. The molecule has 0 saturated heterocycles. The number of carbonyl (C=O) groups excluding carboxylic acids is 2. The Bertz CT molecular complexity index is 1030. The average molecular weight is 408 g/mol. The molecule has 3 rings (SSSR count). The Morgan fingerprint density at radius 3 is 2.59 bits per heavy atom. The van der Waals surface area contributed by atoms with E-state index in [9.17, 15) is 9.59 Å². The standard InChI is InChI=1S/C22H20N2O4S/c1-15-23-17(14-29-15)13-28-22(26)19-5-3-4-6-20(19)24-21(25)12-9-16-7-10-18(27-2)11-8-16/h3-12,14H,13H2,1-2H3,(H,24,25)/b12-9+. The van der Waals surface area contributed by atoms with Crippen LogP contribution in [0.1, 0.15) is 26.6 Å². The number of anilines is 1. The van der Waals surface area contributed by atoms with Gasteiger partial charge in [0, 0.05) is 11.5 Å². The number of esters is 1. The molecular weight excluding hydrogens is 388 g/mol. The summed E-state index contributed by atoms with van der Waals surface area (Å²) in [4.78, 5) is 29.0. The first-order valence-electron chi connectivity index (χ1n) is 8.85. The van der Waals surface area contributed by atoms with Crippen molar-refractivity contribution in [3.63, 3.8) is 0 Å². The number of para-hydroxylation sites is 1. The van der Waals surface area contributed by atoms with E-state index in [1.54, 1.807) is 37.5 Å². The summed E-state index contributed by atoms with van der Waals surface area (Å²) in [5.41, 5.74) is 2.22. The van der Waals surface area contributed by atoms with Crippen LogP contribution in [0.4, 0.5) is 5.69 Å². The van der Waals surface area contributed by atoms with Crippen LogP contribution < -0.4 is 10.1 Å². The van der Waals surface area contributed by atoms with E-state index < -0.39 is 5.97 Å². The van der Waals surface area contributed by atoms with Crippen LogP contribution in [0.2, 0.25) is 0 Å². The Kier molecular flexibility index (Phi) is 6.76. The van der Waals surface area contributed by atoms with Gasteiger partial charge in [-0.2, -0.15) is 0 Å². The van der Waals surface area contributed by atoms with Crippen LogP contribution in [0, 0.1) is 6.92 Å². The van der Waals surface area contributed by atoms with Crippen LogP contribution in [0.15, 0.2) is 60.0 Å². The number of benzene rings is 2. The van der Waals surface area contributed by atoms with Crippen LogP contribution in [-0.4, -0.2) is 24.0 Å². The Morgan fingerprint density at radius 1 is 1.14 bits per heavy atom. The highest BCUT2D eigenvalue weighted by molar-refractivity contribution is 7.09. The van der Waals surface area contributed by atoms with Crippen LogP contribution in [0.5, 0.6) is 5.75 Å². The number of carbonyl (C=O) groups is 2. The number of thiazole rings is 1. The maximum absolute atomic E-state index is 12.4. The maximum atomic E-state index is 12.4. The third-order valence-electron chi connectivity index (χ3n) is 3.97. The molecule has 0 aliphatic heterocycles. The van der Waals surface area contributed by atoms with E-state index >= 15 is 0 Å². The summed E-state index contributed by atoms with van der Waals surface area (Å²) >= 11 is 1.50. The van der Waals surface area contributed by atoms with Crippen molar-refractivity contribution in [3.8, 4) is 5.75 Å². The summed E-state index contributed by atoms with van der Waals surface area (Å²) in [6.45, 7) is 1.98. The predicted octanol–water partition coefficient (Wildman–Crippen LogP) is 4.47. The molecule has 6 nitrogen and oxygen atoms in total. The monoisotopic (exact) mass is 408 g/mol. The molecule has 0 aliphatic carbocycles. The molecule has 0 saturated carbocycles. The number of rotatable bonds is 7. The number of ether oxygens (including phenoxy) is 2. The number of hydrogen-bond donors (Lipinski definition) is 1. The first-order valence-corrected chi connectivity index (χ1v) is 9.73. The van der Waals surface area contributed by atoms with Gasteiger partial charge < -0.3 is 14.8 Å². The summed E-state index contributed by atoms with van der Waals surface area (Å²) in [6.07, 6.45) is 3.09. The van der Waals surface area contributed by atoms with Crippen molar-refractivity contribution in [1.29, 1.82) is 0 Å². The van der Waals surface area contributed by atoms with E-state index in [2.05, 4.69) is 10.3 Å². The normalized spacial score (nSPS) is 10.7. The predicted molar refractivity (Wildman–Crippen MR) is 113 cm³/mol. The zero-order valence-corrected chi connectivity index (χ0v) is 16.9. The topological polar surface area (TPSA) is 77.5 Å². The Labute approximate surface area is 172 Å². The zero-order chi connectivity index (χ0) is 20.6. The molecule has 29 heavy (non-hydrogen) atoms. The molecule has 0 aliphatic rings. The van der Waals surface area contributed by atoms with Gasteiger partial charge >= 0.3 is 5.97 Å². The van der Waals surface area contributed by atoms with Gasteiger partial charge in [-0.05, 0) is 42.8 Å². The van der Waals surface area contributed by atoms with Gasteiger partial charge in [-0.15, -0.1) is 11.3 Å². The fourth-order valence-electron chi connectivity index (χ4n) is 2.52. The number of methoxy groups -OCH3 is 1. The van der Waals surface area contributed by atoms with E-state index in [0.29, 0.717) is 11.4 Å². The van der Waals surface area contributed by atoms with E-state index in [4.69, 9.17) is 9.47 Å². The lowest BCUT2D eigenvalue weighted by atomic mass is 10.1. The molecule has 1 heterocycles. The summed E-state index contributed by atoms with van der Waals surface area (Å²) in [5, 5.41) is 5.48. The molecule has 0 fully saturated rings. The molecule has 0 spiro atoms. The van der Waals surface area contributed by atoms with Gasteiger partial charge in [0.25, 0.3) is 0 Å². The third-order valence-corrected chi connectivity index (χ3v) is 4.79. The van der Waals surface area contributed by atoms with Gasteiger partial charge in [-0.25, -0.2) is 9.78 Å². The van der Waals surface area contributed by atoms with Gasteiger partial charge in [0.05, 0.1) is 29.1 Å². The van der Waals surface area contributed by atoms with Gasteiger partial charge in [-0.3, -0.25) is 4.79 Å². The molecule has 0 radical (unpaired) electrons. The fraction of sp³-hybridized carbons (Fsp3) is 0.136. The van der Waals surface area contributed by atoms with Crippen LogP contribution in [0.3, 0.4) is 0 Å². The van der Waals surface area contributed by atoms with Crippen molar-refractivity contribution < 1.29 is 19.1 Å². The first kappa shape index (κ1) is 20.3. The average Bonchev–Trinajstić information content (AvgIpc) is 3.16. The highest BCUT2D eigenvalue weighted by Crippen LogP contribution is 2.18. The third kappa shape index (κ3) is 5.76. The number of hydrogen-bond acceptors (Lipinski definition) is 6. The van der Waals surface area contributed by atoms with Crippen molar-refractivity contribution >= 4 is 35.0 Å². The highest BCUT2D eigenvalue weighted by Gasteiger charge is 2.14. The second-order valence-electron chi connectivity index (χ2n) is 6.08. The molecule has 1 N–H and O–H groups in total. The number of nitrogens with zero attached hydrogens (tertiary/aromatic N) is 1. The maximum Gasteiger partial charge on any atom is 0.340 e. The second kappa shape index (κ2) is 9.66. The zero-order valence-electron chi connectivity index (χ0n) is 16.0. The SMILES string of the molecule is COc1ccc(/C=C/C(=O)Nc2ccccc2C(=O)OCc2csc(C)n2)cc1. The largest absolute Gasteiger partial charge is 0.497 e. The van der Waals surface area contributed by atoms with Crippen molar-refractivity contribution in [2.75, 3.05) is 12.4 Å².